The number of esters is 1. The third kappa shape index (κ3) is 7.85. The van der Waals surface area contributed by atoms with Gasteiger partial charge in [0.15, 0.2) is 0 Å². The van der Waals surface area contributed by atoms with Crippen LogP contribution in [0.1, 0.15) is 73.6 Å². The lowest BCUT2D eigenvalue weighted by Crippen LogP contribution is -2.60. The molecule has 0 radical (unpaired) electrons. The summed E-state index contributed by atoms with van der Waals surface area (Å²) in [5, 5.41) is 13.0. The summed E-state index contributed by atoms with van der Waals surface area (Å²) < 4.78 is 5.26. The zero-order chi connectivity index (χ0) is 24.3. The Hall–Kier alpha value is -1.99. The van der Waals surface area contributed by atoms with Crippen molar-refractivity contribution in [2.24, 2.45) is 5.92 Å². The van der Waals surface area contributed by atoms with Crippen LogP contribution in [0.2, 0.25) is 0 Å². The fraction of sp³-hybridized carbons (Fsp3) is 0.720. The third-order valence-corrected chi connectivity index (χ3v) is 6.27. The molecule has 32 heavy (non-hydrogen) atoms. The molecule has 0 saturated carbocycles. The first-order valence-electron chi connectivity index (χ1n) is 11.8. The highest BCUT2D eigenvalue weighted by Gasteiger charge is 2.45. The van der Waals surface area contributed by atoms with Crippen molar-refractivity contribution in [1.29, 1.82) is 0 Å². The van der Waals surface area contributed by atoms with E-state index in [1.54, 1.807) is 13.8 Å². The van der Waals surface area contributed by atoms with Crippen molar-refractivity contribution in [3.8, 4) is 0 Å². The van der Waals surface area contributed by atoms with Gasteiger partial charge in [0.1, 0.15) is 18.4 Å². The maximum Gasteiger partial charge on any atom is 0.323 e. The third-order valence-electron chi connectivity index (χ3n) is 6.27. The summed E-state index contributed by atoms with van der Waals surface area (Å²) in [6, 6.07) is -1.21. The Morgan fingerprint density at radius 1 is 1.31 bits per heavy atom. The summed E-state index contributed by atoms with van der Waals surface area (Å²) in [5.74, 6) is -1.04. The molecule has 2 N–H and O–H groups in total. The van der Waals surface area contributed by atoms with E-state index in [1.807, 2.05) is 37.0 Å². The van der Waals surface area contributed by atoms with Crippen LogP contribution < -0.4 is 5.32 Å². The average molecular weight is 451 g/mol. The zero-order valence-corrected chi connectivity index (χ0v) is 20.6. The molecule has 1 aliphatic heterocycles. The van der Waals surface area contributed by atoms with Gasteiger partial charge in [0.25, 0.3) is 0 Å². The molecule has 1 fully saturated rings. The number of carbonyl (C=O) groups is 3. The van der Waals surface area contributed by atoms with Crippen molar-refractivity contribution in [1.82, 2.24) is 10.2 Å². The minimum atomic E-state index is -1.09. The number of aldehydes is 1. The van der Waals surface area contributed by atoms with Crippen LogP contribution >= 0.6 is 0 Å². The summed E-state index contributed by atoms with van der Waals surface area (Å²) in [6.07, 6.45) is 10.2. The van der Waals surface area contributed by atoms with Gasteiger partial charge in [-0.3, -0.25) is 19.8 Å². The molecule has 1 aliphatic rings. The number of allylic oxidation sites excluding steroid dienone is 4. The number of ether oxygens (including phenoxy) is 1. The van der Waals surface area contributed by atoms with Crippen LogP contribution in [0, 0.1) is 5.92 Å². The molecule has 0 aliphatic carbocycles. The second-order valence-corrected chi connectivity index (χ2v) is 8.98. The maximum atomic E-state index is 12.7. The first kappa shape index (κ1) is 28.0. The molecule has 1 rings (SSSR count). The van der Waals surface area contributed by atoms with Crippen molar-refractivity contribution < 1.29 is 24.2 Å². The van der Waals surface area contributed by atoms with E-state index in [4.69, 9.17) is 4.74 Å². The van der Waals surface area contributed by atoms with Crippen LogP contribution in [-0.2, 0) is 19.1 Å². The second-order valence-electron chi connectivity index (χ2n) is 8.98. The second kappa shape index (κ2) is 13.5. The highest BCUT2D eigenvalue weighted by atomic mass is 16.5. The molecule has 1 heterocycles. The van der Waals surface area contributed by atoms with E-state index in [2.05, 4.69) is 19.2 Å². The molecule has 5 atom stereocenters. The molecule has 182 valence electrons. The average Bonchev–Trinajstić information content (AvgIpc) is 3.05. The maximum absolute atomic E-state index is 12.7. The fourth-order valence-electron chi connectivity index (χ4n) is 4.65. The Balaban J connectivity index is 3.10. The lowest BCUT2D eigenvalue weighted by molar-refractivity contribution is -0.147. The first-order valence-corrected chi connectivity index (χ1v) is 11.8. The molecule has 0 aromatic rings. The lowest BCUT2D eigenvalue weighted by atomic mass is 9.96. The molecule has 0 aromatic heterocycles. The van der Waals surface area contributed by atoms with Gasteiger partial charge in [0, 0.05) is 12.6 Å². The van der Waals surface area contributed by atoms with E-state index in [0.717, 1.165) is 24.7 Å². The number of rotatable bonds is 14. The van der Waals surface area contributed by atoms with Gasteiger partial charge in [0.05, 0.1) is 12.1 Å². The number of carboxylic acid groups (broad SMARTS) is 1. The topological polar surface area (TPSA) is 95.9 Å². The fourth-order valence-corrected chi connectivity index (χ4v) is 4.65. The Morgan fingerprint density at radius 2 is 2.00 bits per heavy atom. The van der Waals surface area contributed by atoms with Gasteiger partial charge in [-0.05, 0) is 59.3 Å². The first-order chi connectivity index (χ1) is 15.2. The van der Waals surface area contributed by atoms with E-state index < -0.39 is 29.6 Å². The van der Waals surface area contributed by atoms with Crippen molar-refractivity contribution in [3.05, 3.63) is 23.8 Å². The highest BCUT2D eigenvalue weighted by Crippen LogP contribution is 2.33. The van der Waals surface area contributed by atoms with Gasteiger partial charge in [-0.2, -0.15) is 0 Å². The minimum absolute atomic E-state index is 0.0903. The van der Waals surface area contributed by atoms with Gasteiger partial charge in [-0.15, -0.1) is 0 Å². The van der Waals surface area contributed by atoms with Crippen LogP contribution in [0.3, 0.4) is 0 Å². The van der Waals surface area contributed by atoms with E-state index >= 15 is 0 Å². The van der Waals surface area contributed by atoms with E-state index in [-0.39, 0.29) is 25.1 Å². The predicted molar refractivity (Wildman–Crippen MR) is 126 cm³/mol. The van der Waals surface area contributed by atoms with Gasteiger partial charge < -0.3 is 14.6 Å². The van der Waals surface area contributed by atoms with Gasteiger partial charge in [0.2, 0.25) is 0 Å². The summed E-state index contributed by atoms with van der Waals surface area (Å²) in [6.45, 7) is 12.0. The van der Waals surface area contributed by atoms with Crippen molar-refractivity contribution in [3.63, 3.8) is 0 Å². The van der Waals surface area contributed by atoms with Gasteiger partial charge in [-0.1, -0.05) is 44.1 Å². The van der Waals surface area contributed by atoms with Crippen LogP contribution in [0.4, 0.5) is 0 Å². The van der Waals surface area contributed by atoms with Crippen molar-refractivity contribution in [2.75, 3.05) is 13.2 Å². The molecule has 0 bridgehead atoms. The Morgan fingerprint density at radius 3 is 2.50 bits per heavy atom. The smallest absolute Gasteiger partial charge is 0.323 e. The molecular formula is C25H42N2O5. The van der Waals surface area contributed by atoms with Crippen LogP contribution in [0.25, 0.3) is 0 Å². The minimum Gasteiger partial charge on any atom is -0.480 e. The zero-order valence-electron chi connectivity index (χ0n) is 20.6. The van der Waals surface area contributed by atoms with Crippen LogP contribution in [0.15, 0.2) is 23.8 Å². The van der Waals surface area contributed by atoms with E-state index in [1.165, 1.54) is 0 Å². The van der Waals surface area contributed by atoms with Gasteiger partial charge in [-0.25, -0.2) is 0 Å². The van der Waals surface area contributed by atoms with E-state index in [0.29, 0.717) is 19.3 Å². The summed E-state index contributed by atoms with van der Waals surface area (Å²) >= 11 is 0. The molecule has 0 spiro atoms. The molecule has 7 nitrogen and oxygen atoms in total. The Labute approximate surface area is 193 Å². The Kier molecular flexibility index (Phi) is 11.9. The number of likely N-dealkylation sites (tertiary alicyclic amines) is 1. The standard InChI is InChI=1S/C25H42N2O5/c1-7-11-19(9-3)13-14-20(24(31)32-10-4)26-25(6,17-28)16-27-21(12-8-2)18(5)15-22(27)23(29)30/h7,9,11,17-18,20-22,26H,8,10,12-16H2,1-6H3,(H,29,30)/b11-7-,19-9+/t18-,20-,21-,22-,25?/m0/s1. The molecule has 1 unspecified atom stereocenters. The highest BCUT2D eigenvalue weighted by molar-refractivity contribution is 5.77. The predicted octanol–water partition coefficient (Wildman–Crippen LogP) is 3.73. The number of nitrogens with zero attached hydrogens (tertiary/aromatic N) is 1. The normalized spacial score (nSPS) is 24.9. The van der Waals surface area contributed by atoms with Crippen LogP contribution in [-0.4, -0.2) is 65.0 Å². The number of hydrogen-bond donors (Lipinski definition) is 2. The number of hydrogen-bond acceptors (Lipinski definition) is 6. The summed E-state index contributed by atoms with van der Waals surface area (Å²) in [5.41, 5.74) is 0.0106. The van der Waals surface area contributed by atoms with Crippen molar-refractivity contribution in [2.45, 2.75) is 97.3 Å². The molecule has 0 amide bonds. The molecular weight excluding hydrogens is 408 g/mol. The Bertz CT molecular complexity index is 690. The lowest BCUT2D eigenvalue weighted by Gasteiger charge is -2.38. The quantitative estimate of drug-likeness (QED) is 0.236. The largest absolute Gasteiger partial charge is 0.480 e. The molecule has 0 aromatic carbocycles. The molecule has 1 saturated heterocycles. The monoisotopic (exact) mass is 450 g/mol. The molecule has 7 heteroatoms. The summed E-state index contributed by atoms with van der Waals surface area (Å²) in [4.78, 5) is 38.8. The SMILES string of the molecule is C/C=C\C(=C/C)CC[C@H](NC(C)(C=O)CN1[C@H](C(=O)O)C[C@H](C)[C@@H]1CCC)C(=O)OCC. The summed E-state index contributed by atoms with van der Waals surface area (Å²) in [7, 11) is 0. The van der Waals surface area contributed by atoms with Crippen LogP contribution in [0.5, 0.6) is 0 Å². The number of carbonyl (C=O) groups excluding carboxylic acids is 2. The number of nitrogens with one attached hydrogen (secondary N) is 1. The number of carboxylic acids is 1. The van der Waals surface area contributed by atoms with E-state index in [9.17, 15) is 19.5 Å². The van der Waals surface area contributed by atoms with Crippen molar-refractivity contribution >= 4 is 18.2 Å². The van der Waals surface area contributed by atoms with Gasteiger partial charge >= 0.3 is 11.9 Å². The number of aliphatic carboxylic acids is 1.